The number of halogens is 1. The molecule has 0 aromatic rings. The summed E-state index contributed by atoms with van der Waals surface area (Å²) in [6.45, 7) is 0. The Bertz CT molecular complexity index is 212. The van der Waals surface area contributed by atoms with Gasteiger partial charge in [-0.3, -0.25) is 4.79 Å². The Morgan fingerprint density at radius 2 is 2.55 bits per heavy atom. The summed E-state index contributed by atoms with van der Waals surface area (Å²) in [7, 11) is 1.86. The second-order valence-corrected chi connectivity index (χ2v) is 2.70. The summed E-state index contributed by atoms with van der Waals surface area (Å²) < 4.78 is 0. The first kappa shape index (κ1) is 8.14. The van der Waals surface area contributed by atoms with E-state index in [0.717, 1.165) is 0 Å². The van der Waals surface area contributed by atoms with Crippen LogP contribution in [-0.4, -0.2) is 24.5 Å². The summed E-state index contributed by atoms with van der Waals surface area (Å²) in [5.74, 6) is 0. The Morgan fingerprint density at radius 3 is 3.18 bits per heavy atom. The average molecular weight is 173 g/mol. The molecule has 0 aromatic carbocycles. The van der Waals surface area contributed by atoms with Gasteiger partial charge < -0.3 is 10.2 Å². The van der Waals surface area contributed by atoms with Crippen LogP contribution in [0.1, 0.15) is 0 Å². The number of nitrogens with one attached hydrogen (secondary N) is 1. The van der Waals surface area contributed by atoms with E-state index < -0.39 is 0 Å². The standard InChI is InChI=1S/C7H9ClN2O/c1-10-3-2-6(8)4-7(10)9-5-11/h2-5,7H,1H3,(H,9,11). The molecular weight excluding hydrogens is 164 g/mol. The van der Waals surface area contributed by atoms with Crippen molar-refractivity contribution >= 4 is 18.0 Å². The van der Waals surface area contributed by atoms with Crippen LogP contribution in [0, 0.1) is 0 Å². The zero-order valence-corrected chi connectivity index (χ0v) is 6.88. The number of carbonyl (C=O) groups is 1. The Hall–Kier alpha value is -0.960. The number of carbonyl (C=O) groups excluding carboxylic acids is 1. The van der Waals surface area contributed by atoms with Crippen molar-refractivity contribution in [1.29, 1.82) is 0 Å². The number of allylic oxidation sites excluding steroid dienone is 2. The quantitative estimate of drug-likeness (QED) is 0.620. The van der Waals surface area contributed by atoms with Crippen molar-refractivity contribution in [3.63, 3.8) is 0 Å². The van der Waals surface area contributed by atoms with Gasteiger partial charge in [0.15, 0.2) is 0 Å². The van der Waals surface area contributed by atoms with Gasteiger partial charge in [0.1, 0.15) is 6.17 Å². The van der Waals surface area contributed by atoms with Crippen molar-refractivity contribution in [2.24, 2.45) is 0 Å². The van der Waals surface area contributed by atoms with E-state index in [2.05, 4.69) is 5.32 Å². The highest BCUT2D eigenvalue weighted by molar-refractivity contribution is 6.31. The van der Waals surface area contributed by atoms with Crippen molar-refractivity contribution in [2.75, 3.05) is 7.05 Å². The van der Waals surface area contributed by atoms with Crippen molar-refractivity contribution in [1.82, 2.24) is 10.2 Å². The third-order valence-corrected chi connectivity index (χ3v) is 1.72. The van der Waals surface area contributed by atoms with Gasteiger partial charge in [-0.2, -0.15) is 0 Å². The van der Waals surface area contributed by atoms with E-state index in [9.17, 15) is 4.79 Å². The predicted molar refractivity (Wildman–Crippen MR) is 43.8 cm³/mol. The van der Waals surface area contributed by atoms with Gasteiger partial charge in [0.2, 0.25) is 6.41 Å². The molecule has 0 saturated carbocycles. The van der Waals surface area contributed by atoms with E-state index >= 15 is 0 Å². The van der Waals surface area contributed by atoms with Crippen LogP contribution in [-0.2, 0) is 4.79 Å². The lowest BCUT2D eigenvalue weighted by Gasteiger charge is -2.25. The first-order valence-electron chi connectivity index (χ1n) is 3.21. The zero-order chi connectivity index (χ0) is 8.27. The predicted octanol–water partition coefficient (Wildman–Crippen LogP) is 0.640. The van der Waals surface area contributed by atoms with E-state index in [0.29, 0.717) is 11.4 Å². The van der Waals surface area contributed by atoms with Crippen LogP contribution in [0.3, 0.4) is 0 Å². The van der Waals surface area contributed by atoms with Crippen molar-refractivity contribution < 1.29 is 4.79 Å². The van der Waals surface area contributed by atoms with E-state index in [1.54, 1.807) is 12.2 Å². The number of rotatable bonds is 2. The first-order valence-corrected chi connectivity index (χ1v) is 3.59. The Morgan fingerprint density at radius 1 is 1.82 bits per heavy atom. The molecule has 60 valence electrons. The maximum absolute atomic E-state index is 10.1. The highest BCUT2D eigenvalue weighted by Crippen LogP contribution is 2.12. The molecule has 1 atom stereocenters. The molecule has 0 fully saturated rings. The molecule has 0 saturated heterocycles. The second kappa shape index (κ2) is 3.44. The molecule has 1 rings (SSSR count). The van der Waals surface area contributed by atoms with Gasteiger partial charge in [-0.05, 0) is 12.2 Å². The van der Waals surface area contributed by atoms with Crippen LogP contribution in [0.5, 0.6) is 0 Å². The summed E-state index contributed by atoms with van der Waals surface area (Å²) in [6.07, 6.45) is 5.87. The number of amides is 1. The molecule has 0 aliphatic carbocycles. The van der Waals surface area contributed by atoms with E-state index in [4.69, 9.17) is 11.6 Å². The molecule has 11 heavy (non-hydrogen) atoms. The Labute approximate surface area is 70.3 Å². The molecule has 1 heterocycles. The molecule has 1 aliphatic rings. The van der Waals surface area contributed by atoms with Gasteiger partial charge >= 0.3 is 0 Å². The lowest BCUT2D eigenvalue weighted by atomic mass is 10.3. The fourth-order valence-electron chi connectivity index (χ4n) is 0.841. The molecule has 0 bridgehead atoms. The van der Waals surface area contributed by atoms with Crippen LogP contribution in [0.15, 0.2) is 23.4 Å². The fraction of sp³-hybridized carbons (Fsp3) is 0.286. The molecule has 4 heteroatoms. The maximum Gasteiger partial charge on any atom is 0.208 e. The summed E-state index contributed by atoms with van der Waals surface area (Å²) in [5, 5.41) is 3.24. The average Bonchev–Trinajstić information content (AvgIpc) is 1.98. The van der Waals surface area contributed by atoms with Crippen molar-refractivity contribution in [3.8, 4) is 0 Å². The minimum Gasteiger partial charge on any atom is -0.357 e. The molecule has 0 spiro atoms. The van der Waals surface area contributed by atoms with Gasteiger partial charge in [0.05, 0.1) is 0 Å². The second-order valence-electron chi connectivity index (χ2n) is 2.26. The molecular formula is C7H9ClN2O. The Balaban J connectivity index is 2.64. The van der Waals surface area contributed by atoms with Crippen LogP contribution >= 0.6 is 11.6 Å². The molecule has 1 aliphatic heterocycles. The molecule has 0 radical (unpaired) electrons. The lowest BCUT2D eigenvalue weighted by Crippen LogP contribution is -2.39. The van der Waals surface area contributed by atoms with Crippen LogP contribution in [0.4, 0.5) is 0 Å². The largest absolute Gasteiger partial charge is 0.357 e. The lowest BCUT2D eigenvalue weighted by molar-refractivity contribution is -0.110. The summed E-state index contributed by atoms with van der Waals surface area (Å²) in [5.41, 5.74) is 0. The van der Waals surface area contributed by atoms with E-state index in [-0.39, 0.29) is 6.17 Å². The van der Waals surface area contributed by atoms with E-state index in [1.165, 1.54) is 0 Å². The zero-order valence-electron chi connectivity index (χ0n) is 6.12. The smallest absolute Gasteiger partial charge is 0.208 e. The highest BCUT2D eigenvalue weighted by atomic mass is 35.5. The van der Waals surface area contributed by atoms with Crippen LogP contribution in [0.2, 0.25) is 0 Å². The molecule has 1 N–H and O–H groups in total. The highest BCUT2D eigenvalue weighted by Gasteiger charge is 2.10. The third kappa shape index (κ3) is 1.98. The van der Waals surface area contributed by atoms with Gasteiger partial charge in [-0.15, -0.1) is 0 Å². The topological polar surface area (TPSA) is 32.3 Å². The monoisotopic (exact) mass is 172 g/mol. The third-order valence-electron chi connectivity index (χ3n) is 1.46. The van der Waals surface area contributed by atoms with E-state index in [1.807, 2.05) is 18.1 Å². The first-order chi connectivity index (χ1) is 5.24. The minimum absolute atomic E-state index is 0.120. The van der Waals surface area contributed by atoms with Crippen LogP contribution < -0.4 is 5.32 Å². The normalized spacial score (nSPS) is 22.9. The summed E-state index contributed by atoms with van der Waals surface area (Å²) in [6, 6.07) is 0. The number of nitrogens with zero attached hydrogens (tertiary/aromatic N) is 1. The molecule has 0 aromatic heterocycles. The molecule has 1 amide bonds. The van der Waals surface area contributed by atoms with Crippen molar-refractivity contribution in [3.05, 3.63) is 23.4 Å². The number of likely N-dealkylation sites (N-methyl/N-ethyl adjacent to an activating group) is 1. The van der Waals surface area contributed by atoms with Gasteiger partial charge in [0, 0.05) is 18.3 Å². The van der Waals surface area contributed by atoms with Gasteiger partial charge in [-0.1, -0.05) is 11.6 Å². The summed E-state index contributed by atoms with van der Waals surface area (Å²) >= 11 is 5.70. The molecule has 1 unspecified atom stereocenters. The number of hydrogen-bond donors (Lipinski definition) is 1. The number of hydrogen-bond acceptors (Lipinski definition) is 2. The summed E-state index contributed by atoms with van der Waals surface area (Å²) in [4.78, 5) is 11.9. The Kier molecular flexibility index (Phi) is 2.54. The van der Waals surface area contributed by atoms with Gasteiger partial charge in [0.25, 0.3) is 0 Å². The fourth-order valence-corrected chi connectivity index (χ4v) is 1.02. The van der Waals surface area contributed by atoms with Crippen molar-refractivity contribution in [2.45, 2.75) is 6.17 Å². The SMILES string of the molecule is CN1C=CC(Cl)=CC1NC=O. The minimum atomic E-state index is -0.120. The van der Waals surface area contributed by atoms with Gasteiger partial charge in [-0.25, -0.2) is 0 Å². The van der Waals surface area contributed by atoms with Crippen LogP contribution in [0.25, 0.3) is 0 Å². The maximum atomic E-state index is 10.1. The molecule has 3 nitrogen and oxygen atoms in total.